The first-order valence-corrected chi connectivity index (χ1v) is 10.1. The van der Waals surface area contributed by atoms with E-state index in [0.717, 1.165) is 49.4 Å². The molecule has 0 radical (unpaired) electrons. The molecule has 3 heterocycles. The van der Waals surface area contributed by atoms with Crippen molar-refractivity contribution in [3.63, 3.8) is 0 Å². The fourth-order valence-electron chi connectivity index (χ4n) is 2.76. The molecule has 1 aliphatic heterocycles. The van der Waals surface area contributed by atoms with Gasteiger partial charge in [0, 0.05) is 37.6 Å². The van der Waals surface area contributed by atoms with Crippen LogP contribution in [0.1, 0.15) is 22.5 Å². The van der Waals surface area contributed by atoms with Crippen molar-refractivity contribution in [1.29, 1.82) is 0 Å². The van der Waals surface area contributed by atoms with E-state index in [1.807, 2.05) is 11.3 Å². The number of piperazine rings is 1. The third kappa shape index (κ3) is 5.30. The minimum absolute atomic E-state index is 0. The molecule has 1 saturated heterocycles. The number of nitrogens with one attached hydrogen (secondary N) is 1. The van der Waals surface area contributed by atoms with Crippen molar-refractivity contribution in [2.75, 3.05) is 37.6 Å². The molecule has 25 heavy (non-hydrogen) atoms. The van der Waals surface area contributed by atoms with Crippen LogP contribution in [0.15, 0.2) is 22.5 Å². The largest absolute Gasteiger partial charge is 0.360 e. The molecule has 2 aromatic rings. The van der Waals surface area contributed by atoms with Crippen LogP contribution in [0, 0.1) is 13.8 Å². The molecule has 3 rings (SSSR count). The van der Waals surface area contributed by atoms with Gasteiger partial charge in [-0.2, -0.15) is 0 Å². The molecule has 8 heteroatoms. The van der Waals surface area contributed by atoms with E-state index in [1.54, 1.807) is 11.3 Å². The number of hydrogen-bond acceptors (Lipinski definition) is 5. The summed E-state index contributed by atoms with van der Waals surface area (Å²) in [7, 11) is 0. The molecular weight excluding hydrogens is 465 g/mol. The molecule has 1 aliphatic rings. The van der Waals surface area contributed by atoms with Crippen molar-refractivity contribution in [3.8, 4) is 0 Å². The third-order valence-corrected chi connectivity index (χ3v) is 6.16. The maximum Gasteiger partial charge on any atom is 0.194 e. The second-order valence-corrected chi connectivity index (χ2v) is 8.06. The van der Waals surface area contributed by atoms with Crippen LogP contribution in [-0.4, -0.2) is 48.6 Å². The number of halogens is 1. The summed E-state index contributed by atoms with van der Waals surface area (Å²) >= 11 is 3.56. The van der Waals surface area contributed by atoms with E-state index in [-0.39, 0.29) is 24.0 Å². The van der Waals surface area contributed by atoms with Gasteiger partial charge in [-0.15, -0.1) is 46.7 Å². The SMILES string of the molecule is CCNC(=NCc1nc(C)c(C)s1)N1CCN(c2cccs2)CC1.I. The number of anilines is 1. The Morgan fingerprint density at radius 2 is 2.04 bits per heavy atom. The molecule has 0 aliphatic carbocycles. The molecule has 0 amide bonds. The smallest absolute Gasteiger partial charge is 0.194 e. The van der Waals surface area contributed by atoms with Crippen LogP contribution in [0.5, 0.6) is 0 Å². The Hall–Kier alpha value is -0.870. The van der Waals surface area contributed by atoms with Gasteiger partial charge in [0.05, 0.1) is 17.2 Å². The summed E-state index contributed by atoms with van der Waals surface area (Å²) < 4.78 is 0. The minimum Gasteiger partial charge on any atom is -0.360 e. The molecular formula is C17H26IN5S2. The average Bonchev–Trinajstić information content (AvgIpc) is 3.22. The van der Waals surface area contributed by atoms with Crippen LogP contribution in [0.2, 0.25) is 0 Å². The van der Waals surface area contributed by atoms with Crippen LogP contribution >= 0.6 is 46.7 Å². The van der Waals surface area contributed by atoms with Crippen molar-refractivity contribution < 1.29 is 0 Å². The number of aromatic nitrogens is 1. The lowest BCUT2D eigenvalue weighted by molar-refractivity contribution is 0.373. The quantitative estimate of drug-likeness (QED) is 0.402. The molecule has 0 bridgehead atoms. The zero-order chi connectivity index (χ0) is 16.9. The molecule has 138 valence electrons. The van der Waals surface area contributed by atoms with Gasteiger partial charge >= 0.3 is 0 Å². The maximum atomic E-state index is 4.81. The van der Waals surface area contributed by atoms with E-state index in [9.17, 15) is 0 Å². The molecule has 0 spiro atoms. The number of guanidine groups is 1. The number of rotatable bonds is 4. The highest BCUT2D eigenvalue weighted by molar-refractivity contribution is 14.0. The van der Waals surface area contributed by atoms with Crippen molar-refractivity contribution >= 4 is 57.6 Å². The molecule has 1 N–H and O–H groups in total. The van der Waals surface area contributed by atoms with Crippen LogP contribution in [-0.2, 0) is 6.54 Å². The Kier molecular flexibility index (Phi) is 7.95. The van der Waals surface area contributed by atoms with Gasteiger partial charge in [0.2, 0.25) is 0 Å². The van der Waals surface area contributed by atoms with Crippen LogP contribution in [0.25, 0.3) is 0 Å². The highest BCUT2D eigenvalue weighted by atomic mass is 127. The predicted molar refractivity (Wildman–Crippen MR) is 120 cm³/mol. The first-order chi connectivity index (χ1) is 11.7. The first kappa shape index (κ1) is 20.4. The van der Waals surface area contributed by atoms with Gasteiger partial charge in [0.15, 0.2) is 5.96 Å². The van der Waals surface area contributed by atoms with Crippen LogP contribution < -0.4 is 10.2 Å². The van der Waals surface area contributed by atoms with E-state index in [0.29, 0.717) is 6.54 Å². The maximum absolute atomic E-state index is 4.81. The number of nitrogens with zero attached hydrogens (tertiary/aromatic N) is 4. The molecule has 0 unspecified atom stereocenters. The lowest BCUT2D eigenvalue weighted by atomic mass is 10.3. The number of thiophene rings is 1. The number of thiazole rings is 1. The fourth-order valence-corrected chi connectivity index (χ4v) is 4.41. The molecule has 0 saturated carbocycles. The van der Waals surface area contributed by atoms with Crippen molar-refractivity contribution in [2.45, 2.75) is 27.3 Å². The third-order valence-electron chi connectivity index (χ3n) is 4.17. The Bertz CT molecular complexity index is 656. The zero-order valence-corrected chi connectivity index (χ0v) is 19.0. The van der Waals surface area contributed by atoms with Gasteiger partial charge in [0.1, 0.15) is 5.01 Å². The number of aryl methyl sites for hydroxylation is 2. The van der Waals surface area contributed by atoms with Crippen molar-refractivity contribution in [2.24, 2.45) is 4.99 Å². The van der Waals surface area contributed by atoms with E-state index in [1.165, 1.54) is 9.88 Å². The first-order valence-electron chi connectivity index (χ1n) is 8.42. The minimum atomic E-state index is 0. The summed E-state index contributed by atoms with van der Waals surface area (Å²) in [4.78, 5) is 15.5. The Balaban J connectivity index is 0.00000225. The van der Waals surface area contributed by atoms with Gasteiger partial charge in [-0.05, 0) is 38.3 Å². The lowest BCUT2D eigenvalue weighted by Gasteiger charge is -2.37. The summed E-state index contributed by atoms with van der Waals surface area (Å²) in [5, 5.41) is 8.04. The van der Waals surface area contributed by atoms with Gasteiger partial charge in [-0.1, -0.05) is 0 Å². The van der Waals surface area contributed by atoms with Crippen LogP contribution in [0.3, 0.4) is 0 Å². The summed E-state index contributed by atoms with van der Waals surface area (Å²) in [6, 6.07) is 4.32. The van der Waals surface area contributed by atoms with Crippen molar-refractivity contribution in [3.05, 3.63) is 33.1 Å². The Morgan fingerprint density at radius 3 is 2.60 bits per heavy atom. The van der Waals surface area contributed by atoms with E-state index in [4.69, 9.17) is 4.99 Å². The molecule has 1 fully saturated rings. The standard InChI is InChI=1S/C17H25N5S2.HI/c1-4-18-17(19-12-15-20-13(2)14(3)24-15)22-9-7-21(8-10-22)16-6-5-11-23-16;/h5-6,11H,4,7-10,12H2,1-3H3,(H,18,19);1H. The number of aliphatic imine (C=N–C) groups is 1. The fraction of sp³-hybridized carbons (Fsp3) is 0.529. The van der Waals surface area contributed by atoms with Gasteiger partial charge in [-0.25, -0.2) is 9.98 Å². The second-order valence-electron chi connectivity index (χ2n) is 5.84. The second kappa shape index (κ2) is 9.72. The van der Waals surface area contributed by atoms with Gasteiger partial charge in [0.25, 0.3) is 0 Å². The Labute approximate surface area is 175 Å². The van der Waals surface area contributed by atoms with Gasteiger partial charge in [-0.3, -0.25) is 0 Å². The Morgan fingerprint density at radius 1 is 1.28 bits per heavy atom. The molecule has 2 aromatic heterocycles. The zero-order valence-electron chi connectivity index (χ0n) is 15.0. The van der Waals surface area contributed by atoms with E-state index >= 15 is 0 Å². The monoisotopic (exact) mass is 491 g/mol. The molecule has 5 nitrogen and oxygen atoms in total. The topological polar surface area (TPSA) is 43.8 Å². The highest BCUT2D eigenvalue weighted by Crippen LogP contribution is 2.22. The average molecular weight is 491 g/mol. The molecule has 0 atom stereocenters. The highest BCUT2D eigenvalue weighted by Gasteiger charge is 2.20. The summed E-state index contributed by atoms with van der Waals surface area (Å²) in [6.45, 7) is 11.9. The summed E-state index contributed by atoms with van der Waals surface area (Å²) in [6.07, 6.45) is 0. The van der Waals surface area contributed by atoms with Crippen molar-refractivity contribution in [1.82, 2.24) is 15.2 Å². The van der Waals surface area contributed by atoms with E-state index < -0.39 is 0 Å². The summed E-state index contributed by atoms with van der Waals surface area (Å²) in [5.41, 5.74) is 1.12. The predicted octanol–water partition coefficient (Wildman–Crippen LogP) is 3.73. The molecule has 0 aromatic carbocycles. The number of hydrogen-bond donors (Lipinski definition) is 1. The summed E-state index contributed by atoms with van der Waals surface area (Å²) in [5.74, 6) is 1.01. The van der Waals surface area contributed by atoms with E-state index in [2.05, 4.69) is 58.4 Å². The normalized spacial score (nSPS) is 15.2. The lowest BCUT2D eigenvalue weighted by Crippen LogP contribution is -2.52. The van der Waals surface area contributed by atoms with Gasteiger partial charge < -0.3 is 15.1 Å². The van der Waals surface area contributed by atoms with Crippen LogP contribution in [0.4, 0.5) is 5.00 Å².